The van der Waals surface area contributed by atoms with Crippen LogP contribution >= 0.6 is 24.0 Å². The highest BCUT2D eigenvalue weighted by atomic mass is 35.5. The Morgan fingerprint density at radius 2 is 1.64 bits per heavy atom. The first-order chi connectivity index (χ1) is 16.3. The molecule has 13 heteroatoms. The highest BCUT2D eigenvalue weighted by Gasteiger charge is 2.39. The van der Waals surface area contributed by atoms with Gasteiger partial charge in [0, 0.05) is 43.7 Å². The topological polar surface area (TPSA) is 32.8 Å². The molecule has 1 heterocycles. The lowest BCUT2D eigenvalue weighted by Gasteiger charge is -2.41. The first-order valence-corrected chi connectivity index (χ1v) is 11.1. The molecule has 1 aliphatic heterocycles. The molecule has 4 nitrogen and oxygen atoms in total. The maximum Gasteiger partial charge on any atom is 0.416 e. The van der Waals surface area contributed by atoms with E-state index in [0.717, 1.165) is 0 Å². The summed E-state index contributed by atoms with van der Waals surface area (Å²) in [6.07, 6.45) is -9.97. The van der Waals surface area contributed by atoms with Crippen LogP contribution in [0.2, 0.25) is 0 Å². The maximum atomic E-state index is 13.8. The second kappa shape index (κ2) is 11.9. The fourth-order valence-electron chi connectivity index (χ4n) is 4.03. The van der Waals surface area contributed by atoms with Crippen LogP contribution in [-0.4, -0.2) is 60.9 Å². The van der Waals surface area contributed by atoms with Gasteiger partial charge in [-0.15, -0.1) is 24.0 Å². The summed E-state index contributed by atoms with van der Waals surface area (Å²) in [6.45, 7) is 1.17. The Morgan fingerprint density at radius 1 is 1.03 bits per heavy atom. The molecule has 2 aromatic rings. The minimum absolute atomic E-state index is 0. The number of carbonyl (C=O) groups is 1. The lowest BCUT2D eigenvalue weighted by Crippen LogP contribution is -2.56. The summed E-state index contributed by atoms with van der Waals surface area (Å²) >= 11 is 5.82. The fraction of sp³-hybridized carbons (Fsp3) is 0.435. The predicted octanol–water partition coefficient (Wildman–Crippen LogP) is 5.90. The zero-order chi connectivity index (χ0) is 26.0. The average Bonchev–Trinajstić information content (AvgIpc) is 2.79. The molecular formula is C23H23Cl2F7N2O2. The summed E-state index contributed by atoms with van der Waals surface area (Å²) < 4.78 is 98.5. The molecule has 0 bridgehead atoms. The number of rotatable bonds is 6. The molecule has 0 aromatic heterocycles. The van der Waals surface area contributed by atoms with E-state index in [2.05, 4.69) is 0 Å². The van der Waals surface area contributed by atoms with Gasteiger partial charge in [-0.3, -0.25) is 9.69 Å². The molecule has 0 unspecified atom stereocenters. The minimum atomic E-state index is -5.07. The van der Waals surface area contributed by atoms with E-state index >= 15 is 0 Å². The van der Waals surface area contributed by atoms with Crippen LogP contribution in [0.5, 0.6) is 5.75 Å². The maximum absolute atomic E-state index is 13.8. The Morgan fingerprint density at radius 3 is 2.17 bits per heavy atom. The van der Waals surface area contributed by atoms with E-state index in [1.54, 1.807) is 0 Å². The number of methoxy groups -OCH3 is 1. The number of nitrogens with zero attached hydrogens (tertiary/aromatic N) is 2. The van der Waals surface area contributed by atoms with E-state index in [4.69, 9.17) is 16.3 Å². The number of amides is 1. The summed E-state index contributed by atoms with van der Waals surface area (Å²) in [7, 11) is 1.28. The Labute approximate surface area is 214 Å². The molecule has 1 atom stereocenters. The van der Waals surface area contributed by atoms with E-state index in [1.807, 2.05) is 4.90 Å². The first kappa shape index (κ1) is 30.0. The average molecular weight is 563 g/mol. The third-order valence-electron chi connectivity index (χ3n) is 5.75. The van der Waals surface area contributed by atoms with Gasteiger partial charge in [-0.1, -0.05) is 6.07 Å². The number of benzene rings is 2. The van der Waals surface area contributed by atoms with Gasteiger partial charge in [-0.25, -0.2) is 4.39 Å². The van der Waals surface area contributed by atoms with E-state index in [9.17, 15) is 35.5 Å². The lowest BCUT2D eigenvalue weighted by molar-refractivity contribution is -0.143. The van der Waals surface area contributed by atoms with Crippen molar-refractivity contribution in [2.45, 2.75) is 24.8 Å². The number of carbonyl (C=O) groups excluding carboxylic acids is 1. The molecule has 1 saturated heterocycles. The van der Waals surface area contributed by atoms with Gasteiger partial charge in [-0.2, -0.15) is 26.3 Å². The van der Waals surface area contributed by atoms with Crippen LogP contribution in [-0.2, 0) is 18.8 Å². The molecule has 1 amide bonds. The summed E-state index contributed by atoms with van der Waals surface area (Å²) in [5, 5.41) is 0. The van der Waals surface area contributed by atoms with Crippen LogP contribution in [0.1, 0.15) is 27.0 Å². The van der Waals surface area contributed by atoms with Crippen molar-refractivity contribution < 1.29 is 40.3 Å². The van der Waals surface area contributed by atoms with Crippen molar-refractivity contribution in [1.29, 1.82) is 0 Å². The number of hydrogen-bond donors (Lipinski definition) is 0. The van der Waals surface area contributed by atoms with Crippen LogP contribution in [0.25, 0.3) is 0 Å². The summed E-state index contributed by atoms with van der Waals surface area (Å²) in [6, 6.07) is 4.33. The second-order valence-electron chi connectivity index (χ2n) is 8.11. The van der Waals surface area contributed by atoms with Crippen molar-refractivity contribution in [1.82, 2.24) is 9.80 Å². The van der Waals surface area contributed by atoms with Crippen molar-refractivity contribution in [3.63, 3.8) is 0 Å². The summed E-state index contributed by atoms with van der Waals surface area (Å²) in [5.41, 5.74) is -3.24. The molecule has 0 spiro atoms. The molecule has 3 rings (SSSR count). The van der Waals surface area contributed by atoms with Crippen molar-refractivity contribution >= 4 is 29.9 Å². The van der Waals surface area contributed by atoms with Gasteiger partial charge in [0.1, 0.15) is 0 Å². The minimum Gasteiger partial charge on any atom is -0.494 e. The highest BCUT2D eigenvalue weighted by molar-refractivity contribution is 6.18. The summed E-state index contributed by atoms with van der Waals surface area (Å²) in [4.78, 5) is 16.5. The quantitative estimate of drug-likeness (QED) is 0.324. The standard InChI is InChI=1S/C23H22ClF7N2O2.ClH/c1-35-20-9-14(2-3-19(20)25)8-18-13-32(5-4-24)6-7-33(18)21(34)15-10-16(22(26,27)28)12-17(11-15)23(29,30)31;/h2-3,9-12,18H,4-8,13H2,1H3;1H/t18-;/m1./s1. The molecule has 36 heavy (non-hydrogen) atoms. The van der Waals surface area contributed by atoms with E-state index in [0.29, 0.717) is 36.7 Å². The second-order valence-corrected chi connectivity index (χ2v) is 8.49. The molecule has 1 fully saturated rings. The van der Waals surface area contributed by atoms with Crippen molar-refractivity contribution in [2.75, 3.05) is 39.2 Å². The monoisotopic (exact) mass is 562 g/mol. The van der Waals surface area contributed by atoms with Gasteiger partial charge in [0.05, 0.1) is 18.2 Å². The smallest absolute Gasteiger partial charge is 0.416 e. The van der Waals surface area contributed by atoms with Crippen LogP contribution in [0.15, 0.2) is 36.4 Å². The first-order valence-electron chi connectivity index (χ1n) is 10.5. The third-order valence-corrected chi connectivity index (χ3v) is 5.92. The zero-order valence-corrected chi connectivity index (χ0v) is 20.5. The van der Waals surface area contributed by atoms with Gasteiger partial charge >= 0.3 is 12.4 Å². The number of ether oxygens (including phenoxy) is 1. The van der Waals surface area contributed by atoms with E-state index < -0.39 is 46.8 Å². The molecule has 0 radical (unpaired) electrons. The Balaban J connectivity index is 0.00000456. The zero-order valence-electron chi connectivity index (χ0n) is 18.9. The number of alkyl halides is 7. The van der Waals surface area contributed by atoms with Crippen molar-refractivity contribution in [2.24, 2.45) is 0 Å². The van der Waals surface area contributed by atoms with Gasteiger partial charge < -0.3 is 9.64 Å². The summed E-state index contributed by atoms with van der Waals surface area (Å²) in [5.74, 6) is -1.28. The lowest BCUT2D eigenvalue weighted by atomic mass is 9.99. The van der Waals surface area contributed by atoms with Crippen LogP contribution in [0, 0.1) is 5.82 Å². The molecule has 1 aliphatic rings. The van der Waals surface area contributed by atoms with Gasteiger partial charge in [0.15, 0.2) is 11.6 Å². The third kappa shape index (κ3) is 7.17. The van der Waals surface area contributed by atoms with Crippen LogP contribution in [0.4, 0.5) is 30.7 Å². The van der Waals surface area contributed by atoms with Crippen molar-refractivity contribution in [3.8, 4) is 5.75 Å². The highest BCUT2D eigenvalue weighted by Crippen LogP contribution is 2.37. The molecule has 0 saturated carbocycles. The normalized spacial score (nSPS) is 17.0. The van der Waals surface area contributed by atoms with Gasteiger partial charge in [0.2, 0.25) is 0 Å². The fourth-order valence-corrected chi connectivity index (χ4v) is 4.27. The SMILES string of the molecule is COc1cc(C[C@@H]2CN(CCCl)CCN2C(=O)c2cc(C(F)(F)F)cc(C(F)(F)F)c2)ccc1F.Cl. The molecule has 0 N–H and O–H groups in total. The number of piperazine rings is 1. The number of halogens is 9. The largest absolute Gasteiger partial charge is 0.494 e. The van der Waals surface area contributed by atoms with Crippen molar-refractivity contribution in [3.05, 3.63) is 64.5 Å². The Kier molecular flexibility index (Phi) is 9.89. The Hall–Kier alpha value is -2.24. The molecule has 0 aliphatic carbocycles. The molecule has 200 valence electrons. The van der Waals surface area contributed by atoms with Gasteiger partial charge in [0.25, 0.3) is 5.91 Å². The number of hydrogen-bond acceptors (Lipinski definition) is 3. The van der Waals surface area contributed by atoms with E-state index in [-0.39, 0.29) is 43.7 Å². The molecular weight excluding hydrogens is 540 g/mol. The Bertz CT molecular complexity index is 1030. The van der Waals surface area contributed by atoms with Gasteiger partial charge in [-0.05, 0) is 42.3 Å². The predicted molar refractivity (Wildman–Crippen MR) is 122 cm³/mol. The van der Waals surface area contributed by atoms with Crippen LogP contribution < -0.4 is 4.74 Å². The molecule has 2 aromatic carbocycles. The van der Waals surface area contributed by atoms with Crippen LogP contribution in [0.3, 0.4) is 0 Å². The van der Waals surface area contributed by atoms with E-state index in [1.165, 1.54) is 30.2 Å².